The third-order valence-corrected chi connectivity index (χ3v) is 6.18. The first-order valence-corrected chi connectivity index (χ1v) is 11.5. The van der Waals surface area contributed by atoms with Crippen LogP contribution in [0.3, 0.4) is 0 Å². The van der Waals surface area contributed by atoms with Crippen molar-refractivity contribution < 1.29 is 24.3 Å². The van der Waals surface area contributed by atoms with Gasteiger partial charge in [0.05, 0.1) is 6.04 Å². The molecule has 0 aromatic carbocycles. The summed E-state index contributed by atoms with van der Waals surface area (Å²) >= 11 is 0. The zero-order valence-corrected chi connectivity index (χ0v) is 19.4. The number of nitrogens with zero attached hydrogens (tertiary/aromatic N) is 3. The minimum atomic E-state index is -1.03. The molecular weight excluding hydrogens is 430 g/mol. The molecule has 0 bridgehead atoms. The first kappa shape index (κ1) is 26.4. The van der Waals surface area contributed by atoms with Gasteiger partial charge in [0.2, 0.25) is 17.7 Å². The van der Waals surface area contributed by atoms with Crippen molar-refractivity contribution in [2.24, 2.45) is 28.1 Å². The fraction of sp³-hybridized carbons (Fsp3) is 0.762. The molecule has 0 aliphatic carbocycles. The van der Waals surface area contributed by atoms with Gasteiger partial charge in [0.25, 0.3) is 0 Å². The number of carboxylic acid groups (broad SMARTS) is 1. The standard InChI is InChI=1S/C21H37N7O5/c1-12(2)16(26-17(29)13(22)6-3-9-25-21(23)24)19(31)27-10-4-7-14(27)18(30)28-11-5-8-15(28)20(32)33/h12-16H,3-11,22H2,1-2H3,(H,26,29)(H,32,33)(H4,23,24,25). The first-order chi connectivity index (χ1) is 15.5. The molecule has 0 spiro atoms. The largest absolute Gasteiger partial charge is 0.480 e. The summed E-state index contributed by atoms with van der Waals surface area (Å²) < 4.78 is 0. The van der Waals surface area contributed by atoms with Crippen molar-refractivity contribution in [3.63, 3.8) is 0 Å². The van der Waals surface area contributed by atoms with Crippen LogP contribution in [-0.4, -0.2) is 88.4 Å². The number of likely N-dealkylation sites (tertiary alicyclic amines) is 2. The predicted molar refractivity (Wildman–Crippen MR) is 122 cm³/mol. The van der Waals surface area contributed by atoms with Gasteiger partial charge in [0.1, 0.15) is 18.1 Å². The molecule has 8 N–H and O–H groups in total. The average Bonchev–Trinajstić information content (AvgIpc) is 3.43. The zero-order chi connectivity index (χ0) is 24.7. The van der Waals surface area contributed by atoms with E-state index < -0.39 is 36.0 Å². The monoisotopic (exact) mass is 467 g/mol. The molecule has 0 saturated carbocycles. The Kier molecular flexibility index (Phi) is 9.44. The Hall–Kier alpha value is -2.89. The lowest BCUT2D eigenvalue weighted by molar-refractivity contribution is -0.152. The Labute approximate surface area is 193 Å². The third kappa shape index (κ3) is 6.80. The van der Waals surface area contributed by atoms with Gasteiger partial charge in [-0.25, -0.2) is 4.79 Å². The van der Waals surface area contributed by atoms with E-state index in [-0.39, 0.29) is 23.7 Å². The van der Waals surface area contributed by atoms with Crippen molar-refractivity contribution in [1.82, 2.24) is 15.1 Å². The van der Waals surface area contributed by atoms with Crippen molar-refractivity contribution in [1.29, 1.82) is 0 Å². The van der Waals surface area contributed by atoms with Crippen LogP contribution in [0.1, 0.15) is 52.4 Å². The van der Waals surface area contributed by atoms with E-state index in [0.717, 1.165) is 0 Å². The maximum Gasteiger partial charge on any atom is 0.326 e. The van der Waals surface area contributed by atoms with Crippen LogP contribution < -0.4 is 22.5 Å². The fourth-order valence-corrected chi connectivity index (χ4v) is 4.37. The van der Waals surface area contributed by atoms with E-state index in [1.165, 1.54) is 9.80 Å². The van der Waals surface area contributed by atoms with Gasteiger partial charge in [-0.15, -0.1) is 0 Å². The number of nitrogens with one attached hydrogen (secondary N) is 1. The maximum atomic E-state index is 13.4. The van der Waals surface area contributed by atoms with E-state index in [9.17, 15) is 24.3 Å². The van der Waals surface area contributed by atoms with Gasteiger partial charge in [0, 0.05) is 19.6 Å². The van der Waals surface area contributed by atoms with E-state index in [1.807, 2.05) is 0 Å². The van der Waals surface area contributed by atoms with Crippen LogP contribution >= 0.6 is 0 Å². The van der Waals surface area contributed by atoms with E-state index >= 15 is 0 Å². The topological polar surface area (TPSA) is 197 Å². The number of carbonyl (C=O) groups is 4. The molecule has 4 unspecified atom stereocenters. The van der Waals surface area contributed by atoms with Crippen LogP contribution in [0.5, 0.6) is 0 Å². The summed E-state index contributed by atoms with van der Waals surface area (Å²) in [5.74, 6) is -2.44. The minimum Gasteiger partial charge on any atom is -0.480 e. The Morgan fingerprint density at radius 2 is 1.67 bits per heavy atom. The fourth-order valence-electron chi connectivity index (χ4n) is 4.37. The molecular formula is C21H37N7O5. The number of aliphatic carboxylic acids is 1. The molecule has 2 saturated heterocycles. The lowest BCUT2D eigenvalue weighted by Crippen LogP contribution is -2.58. The molecule has 0 radical (unpaired) electrons. The lowest BCUT2D eigenvalue weighted by Gasteiger charge is -2.33. The number of carbonyl (C=O) groups excluding carboxylic acids is 3. The van der Waals surface area contributed by atoms with E-state index in [1.54, 1.807) is 13.8 Å². The molecule has 2 aliphatic heterocycles. The van der Waals surface area contributed by atoms with E-state index in [2.05, 4.69) is 10.3 Å². The minimum absolute atomic E-state index is 0.0307. The van der Waals surface area contributed by atoms with Crippen LogP contribution in [-0.2, 0) is 19.2 Å². The van der Waals surface area contributed by atoms with Crippen LogP contribution in [0.25, 0.3) is 0 Å². The van der Waals surface area contributed by atoms with Crippen molar-refractivity contribution in [3.05, 3.63) is 0 Å². The average molecular weight is 468 g/mol. The number of nitrogens with two attached hydrogens (primary N) is 3. The molecule has 12 nitrogen and oxygen atoms in total. The summed E-state index contributed by atoms with van der Waals surface area (Å²) in [6, 6.07) is -3.25. The molecule has 0 aromatic rings. The third-order valence-electron chi connectivity index (χ3n) is 6.18. The highest BCUT2D eigenvalue weighted by Crippen LogP contribution is 2.26. The second kappa shape index (κ2) is 11.8. The second-order valence-corrected chi connectivity index (χ2v) is 9.00. The smallest absolute Gasteiger partial charge is 0.326 e. The highest BCUT2D eigenvalue weighted by molar-refractivity contribution is 5.94. The molecule has 4 atom stereocenters. The van der Waals surface area contributed by atoms with Crippen LogP contribution in [0.4, 0.5) is 0 Å². The summed E-state index contributed by atoms with van der Waals surface area (Å²) in [6.07, 6.45) is 2.99. The van der Waals surface area contributed by atoms with E-state index in [4.69, 9.17) is 17.2 Å². The quantitative estimate of drug-likeness (QED) is 0.146. The molecule has 186 valence electrons. The molecule has 12 heteroatoms. The summed E-state index contributed by atoms with van der Waals surface area (Å²) in [6.45, 7) is 4.71. The zero-order valence-electron chi connectivity index (χ0n) is 19.4. The molecule has 3 amide bonds. The van der Waals surface area contributed by atoms with Gasteiger partial charge < -0.3 is 37.4 Å². The van der Waals surface area contributed by atoms with E-state index in [0.29, 0.717) is 58.2 Å². The van der Waals surface area contributed by atoms with Gasteiger partial charge >= 0.3 is 5.97 Å². The number of hydrogen-bond acceptors (Lipinski definition) is 6. The molecule has 33 heavy (non-hydrogen) atoms. The number of amides is 3. The van der Waals surface area contributed by atoms with Crippen LogP contribution in [0.15, 0.2) is 4.99 Å². The van der Waals surface area contributed by atoms with Gasteiger partial charge in [-0.1, -0.05) is 13.8 Å². The summed E-state index contributed by atoms with van der Waals surface area (Å²) in [5, 5.41) is 12.2. The molecule has 0 aromatic heterocycles. The van der Waals surface area contributed by atoms with Crippen LogP contribution in [0, 0.1) is 5.92 Å². The number of rotatable bonds is 10. The molecule has 2 fully saturated rings. The van der Waals surface area contributed by atoms with Crippen molar-refractivity contribution in [2.75, 3.05) is 19.6 Å². The van der Waals surface area contributed by atoms with Gasteiger partial charge in [-0.2, -0.15) is 0 Å². The number of carboxylic acids is 1. The normalized spacial score (nSPS) is 22.2. The highest BCUT2D eigenvalue weighted by atomic mass is 16.4. The van der Waals surface area contributed by atoms with Gasteiger partial charge in [-0.05, 0) is 44.4 Å². The Balaban J connectivity index is 2.03. The molecule has 2 aliphatic rings. The number of aliphatic imine (C=N–C) groups is 1. The number of guanidine groups is 1. The van der Waals surface area contributed by atoms with Crippen LogP contribution in [0.2, 0.25) is 0 Å². The molecule has 2 rings (SSSR count). The summed E-state index contributed by atoms with van der Waals surface area (Å²) in [7, 11) is 0. The molecule has 2 heterocycles. The Morgan fingerprint density at radius 1 is 1.06 bits per heavy atom. The SMILES string of the molecule is CC(C)C(NC(=O)C(N)CCCN=C(N)N)C(=O)N1CCCC1C(=O)N1CCCC1C(=O)O. The summed E-state index contributed by atoms with van der Waals surface area (Å²) in [5.41, 5.74) is 16.5. The van der Waals surface area contributed by atoms with Gasteiger partial charge in [0.15, 0.2) is 5.96 Å². The van der Waals surface area contributed by atoms with Crippen molar-refractivity contribution >= 4 is 29.7 Å². The Morgan fingerprint density at radius 3 is 2.24 bits per heavy atom. The Bertz CT molecular complexity index is 768. The highest BCUT2D eigenvalue weighted by Gasteiger charge is 2.44. The first-order valence-electron chi connectivity index (χ1n) is 11.5. The summed E-state index contributed by atoms with van der Waals surface area (Å²) in [4.78, 5) is 57.3. The van der Waals surface area contributed by atoms with Crippen molar-refractivity contribution in [3.8, 4) is 0 Å². The second-order valence-electron chi connectivity index (χ2n) is 9.00. The van der Waals surface area contributed by atoms with Crippen molar-refractivity contribution in [2.45, 2.75) is 76.5 Å². The maximum absolute atomic E-state index is 13.4. The number of hydrogen-bond donors (Lipinski definition) is 5. The predicted octanol–water partition coefficient (Wildman–Crippen LogP) is -1.43. The lowest BCUT2D eigenvalue weighted by atomic mass is 10.0. The van der Waals surface area contributed by atoms with Gasteiger partial charge in [-0.3, -0.25) is 19.4 Å².